The van der Waals surface area contributed by atoms with Crippen LogP contribution in [0.15, 0.2) is 23.0 Å². The number of aromatic hydroxyl groups is 1. The van der Waals surface area contributed by atoms with E-state index in [0.717, 1.165) is 0 Å². The van der Waals surface area contributed by atoms with Crippen molar-refractivity contribution < 1.29 is 15.0 Å². The molecular weight excluding hydrogens is 295 g/mol. The summed E-state index contributed by atoms with van der Waals surface area (Å²) in [6.45, 7) is 0. The highest BCUT2D eigenvalue weighted by molar-refractivity contribution is 6.36. The molecule has 3 N–H and O–H groups in total. The van der Waals surface area contributed by atoms with Crippen LogP contribution in [0.1, 0.15) is 10.5 Å². The molecule has 98 valence electrons. The SMILES string of the molecule is O=C(O)c1n[nH]c(=O)c(-c2ccc(Cl)cc2Cl)c1O. The number of nitrogens with one attached hydrogen (secondary N) is 1. The average molecular weight is 301 g/mol. The van der Waals surface area contributed by atoms with E-state index in [1.165, 1.54) is 18.2 Å². The second kappa shape index (κ2) is 4.91. The minimum Gasteiger partial charge on any atom is -0.505 e. The van der Waals surface area contributed by atoms with Crippen molar-refractivity contribution in [3.8, 4) is 16.9 Å². The molecule has 0 saturated carbocycles. The highest BCUT2D eigenvalue weighted by Crippen LogP contribution is 2.34. The van der Waals surface area contributed by atoms with Gasteiger partial charge >= 0.3 is 5.97 Å². The van der Waals surface area contributed by atoms with Crippen LogP contribution in [0.2, 0.25) is 10.0 Å². The van der Waals surface area contributed by atoms with E-state index in [9.17, 15) is 14.7 Å². The van der Waals surface area contributed by atoms with E-state index in [0.29, 0.717) is 5.02 Å². The van der Waals surface area contributed by atoms with Crippen molar-refractivity contribution in [3.05, 3.63) is 44.3 Å². The van der Waals surface area contributed by atoms with E-state index >= 15 is 0 Å². The molecule has 0 bridgehead atoms. The Hall–Kier alpha value is -2.05. The van der Waals surface area contributed by atoms with Gasteiger partial charge in [-0.1, -0.05) is 29.3 Å². The normalized spacial score (nSPS) is 10.4. The number of halogens is 2. The second-order valence-corrected chi connectivity index (χ2v) is 4.40. The summed E-state index contributed by atoms with van der Waals surface area (Å²) in [7, 11) is 0. The van der Waals surface area contributed by atoms with Crippen molar-refractivity contribution in [2.24, 2.45) is 0 Å². The van der Waals surface area contributed by atoms with Crippen LogP contribution in [0.25, 0.3) is 11.1 Å². The number of benzene rings is 1. The van der Waals surface area contributed by atoms with Crippen molar-refractivity contribution in [3.63, 3.8) is 0 Å². The number of aromatic carboxylic acids is 1. The zero-order valence-corrected chi connectivity index (χ0v) is 10.7. The third kappa shape index (κ3) is 2.40. The standard InChI is InChI=1S/C11H6Cl2N2O4/c12-4-1-2-5(6(13)3-4)7-9(16)8(11(18)19)14-15-10(7)17/h1-3H,(H,18,19)(H2,15,16,17). The molecule has 1 aromatic heterocycles. The third-order valence-electron chi connectivity index (χ3n) is 2.36. The zero-order valence-electron chi connectivity index (χ0n) is 9.15. The van der Waals surface area contributed by atoms with Crippen molar-refractivity contribution in [2.45, 2.75) is 0 Å². The monoisotopic (exact) mass is 300 g/mol. The van der Waals surface area contributed by atoms with Gasteiger partial charge in [0.1, 0.15) is 0 Å². The van der Waals surface area contributed by atoms with Gasteiger partial charge in [-0.15, -0.1) is 0 Å². The number of aromatic amines is 1. The Morgan fingerprint density at radius 1 is 1.32 bits per heavy atom. The number of aromatic nitrogens is 2. The molecule has 0 aliphatic rings. The maximum atomic E-state index is 11.7. The molecule has 0 atom stereocenters. The smallest absolute Gasteiger partial charge is 0.360 e. The minimum absolute atomic E-state index is 0.107. The van der Waals surface area contributed by atoms with E-state index < -0.39 is 23.0 Å². The Morgan fingerprint density at radius 3 is 2.58 bits per heavy atom. The molecule has 6 nitrogen and oxygen atoms in total. The molecule has 0 radical (unpaired) electrons. The van der Waals surface area contributed by atoms with E-state index in [1.54, 1.807) is 0 Å². The first-order valence-corrected chi connectivity index (χ1v) is 5.67. The fraction of sp³-hybridized carbons (Fsp3) is 0. The number of H-pyrrole nitrogens is 1. The molecule has 2 rings (SSSR count). The fourth-order valence-electron chi connectivity index (χ4n) is 1.53. The van der Waals surface area contributed by atoms with Crippen LogP contribution in [0.3, 0.4) is 0 Å². The van der Waals surface area contributed by atoms with Crippen LogP contribution in [-0.4, -0.2) is 26.4 Å². The summed E-state index contributed by atoms with van der Waals surface area (Å²) in [6, 6.07) is 4.24. The third-order valence-corrected chi connectivity index (χ3v) is 2.91. The topological polar surface area (TPSA) is 103 Å². The Morgan fingerprint density at radius 2 is 2.00 bits per heavy atom. The Labute approximate surface area is 116 Å². The van der Waals surface area contributed by atoms with Gasteiger partial charge in [0.25, 0.3) is 5.56 Å². The maximum Gasteiger partial charge on any atom is 0.360 e. The molecule has 0 aliphatic heterocycles. The predicted molar refractivity (Wildman–Crippen MR) is 68.9 cm³/mol. The molecule has 19 heavy (non-hydrogen) atoms. The van der Waals surface area contributed by atoms with Crippen LogP contribution in [-0.2, 0) is 0 Å². The summed E-state index contributed by atoms with van der Waals surface area (Å²) >= 11 is 11.7. The second-order valence-electron chi connectivity index (χ2n) is 3.55. The summed E-state index contributed by atoms with van der Waals surface area (Å²) < 4.78 is 0. The molecule has 0 saturated heterocycles. The molecular formula is C11H6Cl2N2O4. The van der Waals surface area contributed by atoms with Gasteiger partial charge in [0.15, 0.2) is 5.75 Å². The lowest BCUT2D eigenvalue weighted by atomic mass is 10.1. The summed E-state index contributed by atoms with van der Waals surface area (Å²) in [5.74, 6) is -2.22. The number of hydrogen-bond donors (Lipinski definition) is 3. The zero-order chi connectivity index (χ0) is 14.2. The van der Waals surface area contributed by atoms with Crippen molar-refractivity contribution in [1.82, 2.24) is 10.2 Å². The Kier molecular flexibility index (Phi) is 3.46. The van der Waals surface area contributed by atoms with Crippen LogP contribution in [0.5, 0.6) is 5.75 Å². The summed E-state index contributed by atoms with van der Waals surface area (Å²) in [4.78, 5) is 22.5. The van der Waals surface area contributed by atoms with Crippen LogP contribution < -0.4 is 5.56 Å². The average Bonchev–Trinajstić information content (AvgIpc) is 2.31. The first kappa shape index (κ1) is 13.4. The Balaban J connectivity index is 2.78. The maximum absolute atomic E-state index is 11.7. The van der Waals surface area contributed by atoms with Gasteiger partial charge in [-0.05, 0) is 12.1 Å². The van der Waals surface area contributed by atoms with E-state index in [-0.39, 0.29) is 16.1 Å². The molecule has 0 spiro atoms. The highest BCUT2D eigenvalue weighted by atomic mass is 35.5. The van der Waals surface area contributed by atoms with E-state index in [2.05, 4.69) is 5.10 Å². The Bertz CT molecular complexity index is 727. The van der Waals surface area contributed by atoms with Gasteiger partial charge in [-0.25, -0.2) is 9.89 Å². The summed E-state index contributed by atoms with van der Waals surface area (Å²) in [5, 5.41) is 24.4. The van der Waals surface area contributed by atoms with Gasteiger partial charge < -0.3 is 10.2 Å². The highest BCUT2D eigenvalue weighted by Gasteiger charge is 2.21. The van der Waals surface area contributed by atoms with Gasteiger partial charge in [0, 0.05) is 10.6 Å². The van der Waals surface area contributed by atoms with Gasteiger partial charge in [-0.2, -0.15) is 5.10 Å². The summed E-state index contributed by atoms with van der Waals surface area (Å²) in [6.07, 6.45) is 0. The van der Waals surface area contributed by atoms with Crippen LogP contribution in [0, 0.1) is 0 Å². The predicted octanol–water partition coefficient (Wildman–Crippen LogP) is 2.15. The number of carboxylic acid groups (broad SMARTS) is 1. The molecule has 0 fully saturated rings. The lowest BCUT2D eigenvalue weighted by Gasteiger charge is -2.07. The van der Waals surface area contributed by atoms with Crippen LogP contribution >= 0.6 is 23.2 Å². The molecule has 0 amide bonds. The fourth-order valence-corrected chi connectivity index (χ4v) is 2.04. The number of carboxylic acids is 1. The van der Waals surface area contributed by atoms with E-state index in [1.807, 2.05) is 5.10 Å². The molecule has 1 heterocycles. The van der Waals surface area contributed by atoms with Gasteiger partial charge in [0.2, 0.25) is 5.69 Å². The molecule has 0 aliphatic carbocycles. The quantitative estimate of drug-likeness (QED) is 0.788. The largest absolute Gasteiger partial charge is 0.505 e. The van der Waals surface area contributed by atoms with Crippen molar-refractivity contribution >= 4 is 29.2 Å². The van der Waals surface area contributed by atoms with Crippen molar-refractivity contribution in [1.29, 1.82) is 0 Å². The number of nitrogens with zero attached hydrogens (tertiary/aromatic N) is 1. The first-order chi connectivity index (χ1) is 8.91. The lowest BCUT2D eigenvalue weighted by molar-refractivity contribution is 0.0685. The van der Waals surface area contributed by atoms with Crippen LogP contribution in [0.4, 0.5) is 0 Å². The number of rotatable bonds is 2. The van der Waals surface area contributed by atoms with Gasteiger partial charge in [-0.3, -0.25) is 4.79 Å². The lowest BCUT2D eigenvalue weighted by Crippen LogP contribution is -2.16. The molecule has 8 heteroatoms. The van der Waals surface area contributed by atoms with Gasteiger partial charge in [0.05, 0.1) is 10.6 Å². The molecule has 0 unspecified atom stereocenters. The molecule has 1 aromatic carbocycles. The minimum atomic E-state index is -1.47. The van der Waals surface area contributed by atoms with E-state index in [4.69, 9.17) is 28.3 Å². The number of hydrogen-bond acceptors (Lipinski definition) is 4. The summed E-state index contributed by atoms with van der Waals surface area (Å²) in [5.41, 5.74) is -1.53. The first-order valence-electron chi connectivity index (χ1n) is 4.92. The molecule has 2 aromatic rings. The van der Waals surface area contributed by atoms with Crippen molar-refractivity contribution in [2.75, 3.05) is 0 Å². The number of carbonyl (C=O) groups is 1.